The Morgan fingerprint density at radius 1 is 1.03 bits per heavy atom. The van der Waals surface area contributed by atoms with Crippen molar-refractivity contribution >= 4 is 46.9 Å². The van der Waals surface area contributed by atoms with Crippen LogP contribution in [0.4, 0.5) is 5.69 Å². The number of halogens is 1. The van der Waals surface area contributed by atoms with Gasteiger partial charge in [0.15, 0.2) is 0 Å². The molecular formula is C27H25ClN3O2S+. The van der Waals surface area contributed by atoms with Gasteiger partial charge in [-0.3, -0.25) is 9.59 Å². The van der Waals surface area contributed by atoms with E-state index in [0.717, 1.165) is 43.2 Å². The molecule has 0 aliphatic carbocycles. The first-order valence-corrected chi connectivity index (χ1v) is 12.5. The zero-order valence-electron chi connectivity index (χ0n) is 18.6. The van der Waals surface area contributed by atoms with Gasteiger partial charge in [-0.15, -0.1) is 0 Å². The summed E-state index contributed by atoms with van der Waals surface area (Å²) in [6, 6.07) is 23.4. The number of thioether (sulfide) groups is 1. The van der Waals surface area contributed by atoms with Gasteiger partial charge >= 0.3 is 0 Å². The molecule has 5 rings (SSSR count). The van der Waals surface area contributed by atoms with E-state index in [1.54, 1.807) is 18.2 Å². The van der Waals surface area contributed by atoms with Crippen LogP contribution in [0.1, 0.15) is 21.5 Å². The number of nitrogens with zero attached hydrogens (tertiary/aromatic N) is 1. The molecule has 1 saturated heterocycles. The molecule has 2 heterocycles. The first kappa shape index (κ1) is 22.7. The summed E-state index contributed by atoms with van der Waals surface area (Å²) >= 11 is 7.63. The Kier molecular flexibility index (Phi) is 6.72. The Balaban J connectivity index is 1.25. The Bertz CT molecular complexity index is 1250. The average molecular weight is 491 g/mol. The Labute approximate surface area is 208 Å². The van der Waals surface area contributed by atoms with E-state index in [-0.39, 0.29) is 11.8 Å². The van der Waals surface area contributed by atoms with E-state index in [4.69, 9.17) is 11.6 Å². The van der Waals surface area contributed by atoms with E-state index < -0.39 is 0 Å². The molecule has 7 heteroatoms. The van der Waals surface area contributed by atoms with Gasteiger partial charge in [0.1, 0.15) is 6.54 Å². The maximum Gasteiger partial charge on any atom is 0.262 e. The molecule has 2 aliphatic rings. The van der Waals surface area contributed by atoms with Crippen molar-refractivity contribution in [3.8, 4) is 0 Å². The van der Waals surface area contributed by atoms with Gasteiger partial charge in [0, 0.05) is 21.0 Å². The molecule has 0 aromatic heterocycles. The van der Waals surface area contributed by atoms with Crippen LogP contribution in [0.15, 0.2) is 82.6 Å². The van der Waals surface area contributed by atoms with Gasteiger partial charge in [-0.2, -0.15) is 0 Å². The number of hydrogen-bond acceptors (Lipinski definition) is 3. The van der Waals surface area contributed by atoms with Crippen LogP contribution in [0.25, 0.3) is 6.08 Å². The fourth-order valence-corrected chi connectivity index (χ4v) is 5.41. The molecule has 0 spiro atoms. The Morgan fingerprint density at radius 2 is 1.76 bits per heavy atom. The molecule has 172 valence electrons. The number of carbonyl (C=O) groups is 2. The summed E-state index contributed by atoms with van der Waals surface area (Å²) in [4.78, 5) is 30.7. The predicted octanol–water partition coefficient (Wildman–Crippen LogP) is 3.97. The normalized spacial score (nSPS) is 17.4. The number of rotatable bonds is 4. The number of benzene rings is 3. The maximum absolute atomic E-state index is 13.1. The second-order valence-corrected chi connectivity index (χ2v) is 9.99. The van der Waals surface area contributed by atoms with Gasteiger partial charge < -0.3 is 15.1 Å². The molecule has 0 unspecified atom stereocenters. The van der Waals surface area contributed by atoms with Crippen molar-refractivity contribution in [1.82, 2.24) is 4.90 Å². The van der Waals surface area contributed by atoms with Gasteiger partial charge in [0.25, 0.3) is 11.8 Å². The quantitative estimate of drug-likeness (QED) is 0.544. The first-order chi connectivity index (χ1) is 16.6. The van der Waals surface area contributed by atoms with E-state index in [1.807, 2.05) is 41.3 Å². The van der Waals surface area contributed by atoms with Crippen molar-refractivity contribution < 1.29 is 14.5 Å². The molecule has 2 amide bonds. The molecule has 0 saturated carbocycles. The predicted molar refractivity (Wildman–Crippen MR) is 137 cm³/mol. The summed E-state index contributed by atoms with van der Waals surface area (Å²) in [6.45, 7) is 4.28. The monoisotopic (exact) mass is 490 g/mol. The van der Waals surface area contributed by atoms with Crippen LogP contribution >= 0.6 is 23.4 Å². The lowest BCUT2D eigenvalue weighted by Crippen LogP contribution is -3.13. The smallest absolute Gasteiger partial charge is 0.262 e. The van der Waals surface area contributed by atoms with Crippen LogP contribution in [0.5, 0.6) is 0 Å². The third-order valence-electron chi connectivity index (χ3n) is 6.16. The number of carbonyl (C=O) groups excluding carboxylic acids is 2. The third-order valence-corrected chi connectivity index (χ3v) is 7.61. The highest BCUT2D eigenvalue weighted by Gasteiger charge is 2.27. The van der Waals surface area contributed by atoms with Crippen molar-refractivity contribution in [1.29, 1.82) is 0 Å². The highest BCUT2D eigenvalue weighted by molar-refractivity contribution is 8.04. The minimum absolute atomic E-state index is 0.0122. The van der Waals surface area contributed by atoms with Gasteiger partial charge in [-0.05, 0) is 35.9 Å². The number of amides is 2. The standard InChI is InChI=1S/C27H24ClN3O2S/c28-22-9-5-4-8-20(22)17-25-26(32)29-23-16-21(10-11-24(23)34-25)27(33)31-14-12-30(13-15-31)18-19-6-2-1-3-7-19/h1-11,16-17H,12-15,18H2,(H,29,32)/p+1. The summed E-state index contributed by atoms with van der Waals surface area (Å²) in [5, 5.41) is 3.53. The number of fused-ring (bicyclic) bond motifs is 1. The molecule has 0 radical (unpaired) electrons. The van der Waals surface area contributed by atoms with Crippen molar-refractivity contribution in [3.05, 3.63) is 99.4 Å². The van der Waals surface area contributed by atoms with Crippen LogP contribution in [0, 0.1) is 0 Å². The second kappa shape index (κ2) is 10.1. The van der Waals surface area contributed by atoms with Gasteiger partial charge in [0.2, 0.25) is 0 Å². The molecule has 0 bridgehead atoms. The van der Waals surface area contributed by atoms with E-state index >= 15 is 0 Å². The zero-order valence-corrected chi connectivity index (χ0v) is 20.2. The summed E-state index contributed by atoms with van der Waals surface area (Å²) in [5.74, 6) is -0.182. The van der Waals surface area contributed by atoms with Crippen LogP contribution in [-0.2, 0) is 11.3 Å². The van der Waals surface area contributed by atoms with E-state index in [1.165, 1.54) is 22.2 Å². The molecule has 2 aliphatic heterocycles. The van der Waals surface area contributed by atoms with Crippen molar-refractivity contribution in [2.75, 3.05) is 31.5 Å². The van der Waals surface area contributed by atoms with E-state index in [9.17, 15) is 9.59 Å². The zero-order chi connectivity index (χ0) is 23.5. The van der Waals surface area contributed by atoms with Crippen molar-refractivity contribution in [3.63, 3.8) is 0 Å². The van der Waals surface area contributed by atoms with Crippen molar-refractivity contribution in [2.45, 2.75) is 11.4 Å². The molecule has 34 heavy (non-hydrogen) atoms. The second-order valence-electron chi connectivity index (χ2n) is 8.50. The fraction of sp³-hybridized carbons (Fsp3) is 0.185. The Hall–Kier alpha value is -3.06. The summed E-state index contributed by atoms with van der Waals surface area (Å²) in [5.41, 5.74) is 3.39. The third kappa shape index (κ3) is 5.04. The number of anilines is 1. The SMILES string of the molecule is O=C1Nc2cc(C(=O)N3CC[NH+](Cc4ccccc4)CC3)ccc2SC1=Cc1ccccc1Cl. The minimum atomic E-state index is -0.194. The lowest BCUT2D eigenvalue weighted by Gasteiger charge is -2.32. The minimum Gasteiger partial charge on any atom is -0.328 e. The maximum atomic E-state index is 13.1. The number of nitrogens with one attached hydrogen (secondary N) is 2. The van der Waals surface area contributed by atoms with Crippen LogP contribution in [0.2, 0.25) is 5.02 Å². The molecule has 1 fully saturated rings. The highest BCUT2D eigenvalue weighted by atomic mass is 35.5. The van der Waals surface area contributed by atoms with Gasteiger partial charge in [-0.1, -0.05) is 71.9 Å². The van der Waals surface area contributed by atoms with Crippen LogP contribution < -0.4 is 10.2 Å². The van der Waals surface area contributed by atoms with Crippen LogP contribution in [0.3, 0.4) is 0 Å². The summed E-state index contributed by atoms with van der Waals surface area (Å²) in [6.07, 6.45) is 1.79. The number of quaternary nitrogens is 1. The summed E-state index contributed by atoms with van der Waals surface area (Å²) < 4.78 is 0. The van der Waals surface area contributed by atoms with Gasteiger partial charge in [0.05, 0.1) is 36.8 Å². The number of piperazine rings is 1. The lowest BCUT2D eigenvalue weighted by atomic mass is 10.1. The fourth-order valence-electron chi connectivity index (χ4n) is 4.30. The van der Waals surface area contributed by atoms with Crippen molar-refractivity contribution in [2.24, 2.45) is 0 Å². The van der Waals surface area contributed by atoms with Gasteiger partial charge in [-0.25, -0.2) is 0 Å². The molecule has 2 N–H and O–H groups in total. The molecule has 3 aromatic carbocycles. The first-order valence-electron chi connectivity index (χ1n) is 11.3. The topological polar surface area (TPSA) is 53.9 Å². The average Bonchev–Trinajstić information content (AvgIpc) is 2.86. The molecule has 0 atom stereocenters. The molecule has 3 aromatic rings. The van der Waals surface area contributed by atoms with E-state index in [0.29, 0.717) is 21.2 Å². The molecule has 5 nitrogen and oxygen atoms in total. The summed E-state index contributed by atoms with van der Waals surface area (Å²) in [7, 11) is 0. The highest BCUT2D eigenvalue weighted by Crippen LogP contribution is 2.40. The van der Waals surface area contributed by atoms with Crippen LogP contribution in [-0.4, -0.2) is 42.9 Å². The lowest BCUT2D eigenvalue weighted by molar-refractivity contribution is -0.917. The molecular weight excluding hydrogens is 466 g/mol. The largest absolute Gasteiger partial charge is 0.328 e. The van der Waals surface area contributed by atoms with E-state index in [2.05, 4.69) is 29.6 Å². The Morgan fingerprint density at radius 3 is 2.53 bits per heavy atom. The number of hydrogen-bond donors (Lipinski definition) is 2.